The van der Waals surface area contributed by atoms with E-state index in [0.717, 1.165) is 6.42 Å². The lowest BCUT2D eigenvalue weighted by Crippen LogP contribution is -2.53. The van der Waals surface area contributed by atoms with Crippen molar-refractivity contribution < 1.29 is 14.7 Å². The number of rotatable bonds is 6. The average Bonchev–Trinajstić information content (AvgIpc) is 2.73. The van der Waals surface area contributed by atoms with Crippen LogP contribution in [-0.2, 0) is 9.59 Å². The molecule has 0 aliphatic carbocycles. The second-order valence-corrected chi connectivity index (χ2v) is 6.61. The molecule has 2 amide bonds. The van der Waals surface area contributed by atoms with Gasteiger partial charge in [0.2, 0.25) is 11.8 Å². The van der Waals surface area contributed by atoms with Crippen molar-refractivity contribution in [2.45, 2.75) is 59.1 Å². The lowest BCUT2D eigenvalue weighted by Gasteiger charge is -2.32. The molecule has 0 saturated carbocycles. The number of carbonyl (C=O) groups is 2. The van der Waals surface area contributed by atoms with Gasteiger partial charge in [0.15, 0.2) is 0 Å². The second kappa shape index (κ2) is 6.57. The van der Waals surface area contributed by atoms with Gasteiger partial charge in [0.1, 0.15) is 6.04 Å². The van der Waals surface area contributed by atoms with Crippen LogP contribution in [0.2, 0.25) is 0 Å². The lowest BCUT2D eigenvalue weighted by atomic mass is 9.92. The topological polar surface area (TPSA) is 69.6 Å². The average molecular weight is 284 g/mol. The fraction of sp³-hybridized carbons (Fsp3) is 0.867. The van der Waals surface area contributed by atoms with Crippen LogP contribution in [0.5, 0.6) is 0 Å². The van der Waals surface area contributed by atoms with E-state index >= 15 is 0 Å². The SMILES string of the molecule is CC(C)C(C(=O)NCC(C)(O)C(C)C)N1CCCC1=O. The first-order valence-electron chi connectivity index (χ1n) is 7.46. The third kappa shape index (κ3) is 3.95. The van der Waals surface area contributed by atoms with Crippen LogP contribution in [0, 0.1) is 11.8 Å². The molecule has 0 aromatic carbocycles. The zero-order valence-corrected chi connectivity index (χ0v) is 13.3. The maximum absolute atomic E-state index is 12.4. The van der Waals surface area contributed by atoms with E-state index in [1.165, 1.54) is 0 Å². The molecule has 1 saturated heterocycles. The third-order valence-electron chi connectivity index (χ3n) is 4.21. The van der Waals surface area contributed by atoms with E-state index in [2.05, 4.69) is 5.32 Å². The van der Waals surface area contributed by atoms with Crippen molar-refractivity contribution in [1.29, 1.82) is 0 Å². The third-order valence-corrected chi connectivity index (χ3v) is 4.21. The zero-order valence-electron chi connectivity index (χ0n) is 13.3. The molecule has 0 aromatic rings. The first-order chi connectivity index (χ1) is 9.16. The molecule has 0 spiro atoms. The molecule has 1 aliphatic rings. The number of nitrogens with zero attached hydrogens (tertiary/aromatic N) is 1. The maximum Gasteiger partial charge on any atom is 0.243 e. The predicted molar refractivity (Wildman–Crippen MR) is 78.0 cm³/mol. The van der Waals surface area contributed by atoms with Crippen molar-refractivity contribution in [2.75, 3.05) is 13.1 Å². The molecule has 0 bridgehead atoms. The molecule has 2 unspecified atom stereocenters. The van der Waals surface area contributed by atoms with Crippen molar-refractivity contribution in [3.63, 3.8) is 0 Å². The Labute approximate surface area is 121 Å². The van der Waals surface area contributed by atoms with E-state index in [1.807, 2.05) is 27.7 Å². The summed E-state index contributed by atoms with van der Waals surface area (Å²) in [6.45, 7) is 10.3. The number of carbonyl (C=O) groups excluding carboxylic acids is 2. The van der Waals surface area contributed by atoms with E-state index in [9.17, 15) is 14.7 Å². The van der Waals surface area contributed by atoms with Crippen molar-refractivity contribution in [3.8, 4) is 0 Å². The lowest BCUT2D eigenvalue weighted by molar-refractivity contribution is -0.139. The van der Waals surface area contributed by atoms with Gasteiger partial charge in [0.05, 0.1) is 5.60 Å². The van der Waals surface area contributed by atoms with Crippen LogP contribution in [0.15, 0.2) is 0 Å². The van der Waals surface area contributed by atoms with Crippen LogP contribution >= 0.6 is 0 Å². The fourth-order valence-corrected chi connectivity index (χ4v) is 2.34. The molecule has 1 aliphatic heterocycles. The highest BCUT2D eigenvalue weighted by molar-refractivity contribution is 5.88. The molecule has 1 heterocycles. The Morgan fingerprint density at radius 3 is 2.40 bits per heavy atom. The Morgan fingerprint density at radius 1 is 1.40 bits per heavy atom. The predicted octanol–water partition coefficient (Wildman–Crippen LogP) is 1.16. The van der Waals surface area contributed by atoms with Crippen molar-refractivity contribution >= 4 is 11.8 Å². The number of amides is 2. The van der Waals surface area contributed by atoms with Crippen LogP contribution in [-0.4, -0.2) is 46.6 Å². The van der Waals surface area contributed by atoms with Gasteiger partial charge in [0, 0.05) is 19.5 Å². The number of nitrogens with one attached hydrogen (secondary N) is 1. The van der Waals surface area contributed by atoms with Gasteiger partial charge in [-0.15, -0.1) is 0 Å². The molecule has 0 aromatic heterocycles. The summed E-state index contributed by atoms with van der Waals surface area (Å²) < 4.78 is 0. The van der Waals surface area contributed by atoms with Crippen LogP contribution < -0.4 is 5.32 Å². The number of likely N-dealkylation sites (tertiary alicyclic amines) is 1. The summed E-state index contributed by atoms with van der Waals surface area (Å²) in [6.07, 6.45) is 1.35. The minimum Gasteiger partial charge on any atom is -0.388 e. The number of aliphatic hydroxyl groups is 1. The Balaban J connectivity index is 2.69. The van der Waals surface area contributed by atoms with E-state index in [-0.39, 0.29) is 30.2 Å². The summed E-state index contributed by atoms with van der Waals surface area (Å²) in [5.41, 5.74) is -0.938. The molecule has 2 atom stereocenters. The standard InChI is InChI=1S/C15H28N2O3/c1-10(2)13(17-8-6-7-12(17)18)14(19)16-9-15(5,20)11(3)4/h10-11,13,20H,6-9H2,1-5H3,(H,16,19). The van der Waals surface area contributed by atoms with Crippen molar-refractivity contribution in [1.82, 2.24) is 10.2 Å². The first kappa shape index (κ1) is 17.0. The highest BCUT2D eigenvalue weighted by Crippen LogP contribution is 2.20. The molecule has 1 rings (SSSR count). The Bertz CT molecular complexity index is 364. The highest BCUT2D eigenvalue weighted by Gasteiger charge is 2.36. The Hall–Kier alpha value is -1.10. The maximum atomic E-state index is 12.4. The van der Waals surface area contributed by atoms with E-state index < -0.39 is 11.6 Å². The van der Waals surface area contributed by atoms with Gasteiger partial charge in [0.25, 0.3) is 0 Å². The van der Waals surface area contributed by atoms with Crippen LogP contribution in [0.4, 0.5) is 0 Å². The van der Waals surface area contributed by atoms with Gasteiger partial charge in [-0.3, -0.25) is 9.59 Å². The van der Waals surface area contributed by atoms with Crippen LogP contribution in [0.3, 0.4) is 0 Å². The Kier molecular flexibility index (Phi) is 5.57. The molecule has 20 heavy (non-hydrogen) atoms. The molecular formula is C15H28N2O3. The minimum absolute atomic E-state index is 0.0497. The molecule has 2 N–H and O–H groups in total. The van der Waals surface area contributed by atoms with Gasteiger partial charge in [-0.25, -0.2) is 0 Å². The summed E-state index contributed by atoms with van der Waals surface area (Å²) >= 11 is 0. The Morgan fingerprint density at radius 2 is 2.00 bits per heavy atom. The van der Waals surface area contributed by atoms with E-state index in [0.29, 0.717) is 13.0 Å². The quantitative estimate of drug-likeness (QED) is 0.769. The number of hydrogen-bond donors (Lipinski definition) is 2. The second-order valence-electron chi connectivity index (χ2n) is 6.61. The fourth-order valence-electron chi connectivity index (χ4n) is 2.34. The summed E-state index contributed by atoms with van der Waals surface area (Å²) in [5.74, 6) is -0.0135. The summed E-state index contributed by atoms with van der Waals surface area (Å²) in [7, 11) is 0. The summed E-state index contributed by atoms with van der Waals surface area (Å²) in [5, 5.41) is 13.0. The highest BCUT2D eigenvalue weighted by atomic mass is 16.3. The molecule has 116 valence electrons. The van der Waals surface area contributed by atoms with Gasteiger partial charge in [-0.1, -0.05) is 27.7 Å². The molecule has 5 nitrogen and oxygen atoms in total. The van der Waals surface area contributed by atoms with Gasteiger partial charge in [-0.2, -0.15) is 0 Å². The van der Waals surface area contributed by atoms with Gasteiger partial charge in [-0.05, 0) is 25.2 Å². The summed E-state index contributed by atoms with van der Waals surface area (Å²) in [6, 6.07) is -0.437. The van der Waals surface area contributed by atoms with Crippen molar-refractivity contribution in [3.05, 3.63) is 0 Å². The van der Waals surface area contributed by atoms with E-state index in [4.69, 9.17) is 0 Å². The zero-order chi connectivity index (χ0) is 15.5. The van der Waals surface area contributed by atoms with Gasteiger partial charge < -0.3 is 15.3 Å². The smallest absolute Gasteiger partial charge is 0.243 e. The largest absolute Gasteiger partial charge is 0.388 e. The van der Waals surface area contributed by atoms with Gasteiger partial charge >= 0.3 is 0 Å². The molecule has 5 heteroatoms. The van der Waals surface area contributed by atoms with Crippen LogP contribution in [0.1, 0.15) is 47.5 Å². The van der Waals surface area contributed by atoms with E-state index in [1.54, 1.807) is 11.8 Å². The molecule has 1 fully saturated rings. The molecular weight excluding hydrogens is 256 g/mol. The van der Waals surface area contributed by atoms with Crippen molar-refractivity contribution in [2.24, 2.45) is 11.8 Å². The van der Waals surface area contributed by atoms with Crippen LogP contribution in [0.25, 0.3) is 0 Å². The normalized spacial score (nSPS) is 20.4. The summed E-state index contributed by atoms with van der Waals surface area (Å²) in [4.78, 5) is 25.9. The minimum atomic E-state index is -0.938. The monoisotopic (exact) mass is 284 g/mol. The first-order valence-corrected chi connectivity index (χ1v) is 7.46. The molecule has 0 radical (unpaired) electrons. The number of hydrogen-bond acceptors (Lipinski definition) is 3.